The highest BCUT2D eigenvalue weighted by Crippen LogP contribution is 2.57. The number of hydrogen-bond donors (Lipinski definition) is 0. The Morgan fingerprint density at radius 2 is 1.03 bits per heavy atom. The fraction of sp³-hybridized carbons (Fsp3) is 0.200. The van der Waals surface area contributed by atoms with E-state index in [1.165, 1.54) is 81.8 Å². The van der Waals surface area contributed by atoms with Gasteiger partial charge in [-0.05, 0) is 93.2 Å². The summed E-state index contributed by atoms with van der Waals surface area (Å²) in [5.74, 6) is 0. The van der Waals surface area contributed by atoms with Gasteiger partial charge in [-0.3, -0.25) is 0 Å². The second-order valence-corrected chi connectivity index (χ2v) is 10.6. The number of benzene rings is 5. The minimum atomic E-state index is 0.149. The van der Waals surface area contributed by atoms with E-state index < -0.39 is 0 Å². The quantitative estimate of drug-likeness (QED) is 0.251. The van der Waals surface area contributed by atoms with Crippen LogP contribution in [0.15, 0.2) is 103 Å². The predicted molar refractivity (Wildman–Crippen MR) is 149 cm³/mol. The largest absolute Gasteiger partial charge is 0.0616 e. The summed E-state index contributed by atoms with van der Waals surface area (Å²) in [6, 6.07) is 39.0. The van der Waals surface area contributed by atoms with Crippen LogP contribution in [0.4, 0.5) is 0 Å². The van der Waals surface area contributed by atoms with Crippen LogP contribution in [0.5, 0.6) is 0 Å². The molecular weight excluding hydrogens is 420 g/mol. The fourth-order valence-corrected chi connectivity index (χ4v) is 6.66. The monoisotopic (exact) mass is 450 g/mol. The zero-order valence-corrected chi connectivity index (χ0v) is 20.4. The summed E-state index contributed by atoms with van der Waals surface area (Å²) in [4.78, 5) is 0. The number of hydrogen-bond acceptors (Lipinski definition) is 0. The van der Waals surface area contributed by atoms with Gasteiger partial charge in [0.15, 0.2) is 0 Å². The van der Waals surface area contributed by atoms with Crippen LogP contribution in [0.25, 0.3) is 44.2 Å². The van der Waals surface area contributed by atoms with E-state index in [4.69, 9.17) is 0 Å². The van der Waals surface area contributed by atoms with E-state index in [9.17, 15) is 0 Å². The van der Waals surface area contributed by atoms with Crippen LogP contribution in [0, 0.1) is 6.92 Å². The highest BCUT2D eigenvalue weighted by Gasteiger charge is 2.44. The Kier molecular flexibility index (Phi) is 4.71. The van der Waals surface area contributed by atoms with Crippen molar-refractivity contribution in [2.75, 3.05) is 0 Å². The normalized spacial score (nSPS) is 15.8. The van der Waals surface area contributed by atoms with Gasteiger partial charge < -0.3 is 0 Å². The van der Waals surface area contributed by atoms with E-state index >= 15 is 0 Å². The lowest BCUT2D eigenvalue weighted by Crippen LogP contribution is -2.28. The third kappa shape index (κ3) is 3.27. The van der Waals surface area contributed by atoms with Gasteiger partial charge in [-0.25, -0.2) is 0 Å². The van der Waals surface area contributed by atoms with Gasteiger partial charge in [-0.15, -0.1) is 0 Å². The Balaban J connectivity index is 1.38. The molecule has 0 aliphatic heterocycles. The van der Waals surface area contributed by atoms with E-state index in [-0.39, 0.29) is 5.41 Å². The van der Waals surface area contributed by atoms with Crippen molar-refractivity contribution < 1.29 is 0 Å². The van der Waals surface area contributed by atoms with Crippen LogP contribution in [-0.2, 0) is 5.41 Å². The van der Waals surface area contributed by atoms with Gasteiger partial charge in [0.2, 0.25) is 0 Å². The molecule has 0 heterocycles. The van der Waals surface area contributed by atoms with Crippen LogP contribution in [0.2, 0.25) is 0 Å². The molecule has 7 rings (SSSR count). The molecule has 1 fully saturated rings. The van der Waals surface area contributed by atoms with Crippen molar-refractivity contribution in [3.05, 3.63) is 120 Å². The maximum atomic E-state index is 2.52. The molecule has 0 aromatic heterocycles. The van der Waals surface area contributed by atoms with Gasteiger partial charge in [-0.2, -0.15) is 0 Å². The molecule has 5 aromatic rings. The van der Waals surface area contributed by atoms with Crippen LogP contribution in [0.1, 0.15) is 48.8 Å². The standard InChI is InChI=1S/C35H30/c1-24-9-11-26(12-10-24)29-15-17-31-32-18-16-30(28-14-13-25-7-3-4-8-27(25)21-28)23-34(32)35(33(31)22-29)19-5-2-6-20-35/h3-4,7-18,21-23H,2,5-6,19-20H2,1H3. The zero-order chi connectivity index (χ0) is 23.4. The Bertz CT molecular complexity index is 1560. The lowest BCUT2D eigenvalue weighted by molar-refractivity contribution is 0.353. The number of aryl methyl sites for hydroxylation is 1. The van der Waals surface area contributed by atoms with Crippen LogP contribution in [-0.4, -0.2) is 0 Å². The average molecular weight is 451 g/mol. The molecular formula is C35H30. The van der Waals surface area contributed by atoms with Crippen LogP contribution >= 0.6 is 0 Å². The molecule has 0 amide bonds. The van der Waals surface area contributed by atoms with E-state index in [1.807, 2.05) is 0 Å². The van der Waals surface area contributed by atoms with Crippen molar-refractivity contribution in [1.29, 1.82) is 0 Å². The van der Waals surface area contributed by atoms with Crippen molar-refractivity contribution in [2.24, 2.45) is 0 Å². The van der Waals surface area contributed by atoms with Crippen molar-refractivity contribution >= 4 is 10.8 Å². The first-order chi connectivity index (χ1) is 17.2. The Hall–Kier alpha value is -3.64. The highest BCUT2D eigenvalue weighted by atomic mass is 14.5. The first-order valence-corrected chi connectivity index (χ1v) is 13.1. The van der Waals surface area contributed by atoms with Crippen LogP contribution in [0.3, 0.4) is 0 Å². The molecule has 35 heavy (non-hydrogen) atoms. The van der Waals surface area contributed by atoms with Gasteiger partial charge in [0, 0.05) is 5.41 Å². The lowest BCUT2D eigenvalue weighted by Gasteiger charge is -2.36. The molecule has 0 N–H and O–H groups in total. The summed E-state index contributed by atoms with van der Waals surface area (Å²) in [6.45, 7) is 2.16. The molecule has 2 aliphatic rings. The molecule has 5 aromatic carbocycles. The topological polar surface area (TPSA) is 0 Å². The smallest absolute Gasteiger partial charge is 0.0215 e. The third-order valence-corrected chi connectivity index (χ3v) is 8.54. The Labute approximate surface area is 208 Å². The van der Waals surface area contributed by atoms with E-state index in [2.05, 4.69) is 110 Å². The molecule has 170 valence electrons. The summed E-state index contributed by atoms with van der Waals surface area (Å²) in [5, 5.41) is 2.61. The summed E-state index contributed by atoms with van der Waals surface area (Å²) in [5.41, 5.74) is 12.8. The molecule has 0 heteroatoms. The number of fused-ring (bicyclic) bond motifs is 6. The summed E-state index contributed by atoms with van der Waals surface area (Å²) >= 11 is 0. The minimum absolute atomic E-state index is 0.149. The minimum Gasteiger partial charge on any atom is -0.0616 e. The Morgan fingerprint density at radius 3 is 1.71 bits per heavy atom. The molecule has 0 nitrogen and oxygen atoms in total. The molecule has 0 atom stereocenters. The fourth-order valence-electron chi connectivity index (χ4n) is 6.66. The Morgan fingerprint density at radius 1 is 0.486 bits per heavy atom. The zero-order valence-electron chi connectivity index (χ0n) is 20.4. The molecule has 0 unspecified atom stereocenters. The van der Waals surface area contributed by atoms with Gasteiger partial charge >= 0.3 is 0 Å². The SMILES string of the molecule is Cc1ccc(-c2ccc3c(c2)C2(CCCCC2)c2cc(-c4ccc5ccccc5c4)ccc2-3)cc1. The maximum absolute atomic E-state index is 2.52. The number of rotatable bonds is 2. The summed E-state index contributed by atoms with van der Waals surface area (Å²) < 4.78 is 0. The van der Waals surface area contributed by atoms with Crippen LogP contribution < -0.4 is 0 Å². The molecule has 0 saturated heterocycles. The highest BCUT2D eigenvalue weighted by molar-refractivity contribution is 5.90. The lowest BCUT2D eigenvalue weighted by atomic mass is 9.67. The second kappa shape index (κ2) is 7.95. The average Bonchev–Trinajstić information content (AvgIpc) is 3.17. The van der Waals surface area contributed by atoms with E-state index in [0.717, 1.165) is 0 Å². The first-order valence-electron chi connectivity index (χ1n) is 13.1. The predicted octanol–water partition coefficient (Wildman–Crippen LogP) is 9.71. The van der Waals surface area contributed by atoms with Crippen molar-refractivity contribution in [2.45, 2.75) is 44.4 Å². The van der Waals surface area contributed by atoms with E-state index in [0.29, 0.717) is 0 Å². The van der Waals surface area contributed by atoms with Gasteiger partial charge in [0.05, 0.1) is 0 Å². The van der Waals surface area contributed by atoms with Crippen molar-refractivity contribution in [1.82, 2.24) is 0 Å². The first kappa shape index (κ1) is 20.7. The van der Waals surface area contributed by atoms with Crippen molar-refractivity contribution in [3.63, 3.8) is 0 Å². The van der Waals surface area contributed by atoms with Gasteiger partial charge in [0.25, 0.3) is 0 Å². The van der Waals surface area contributed by atoms with Crippen molar-refractivity contribution in [3.8, 4) is 33.4 Å². The maximum Gasteiger partial charge on any atom is 0.0215 e. The summed E-state index contributed by atoms with van der Waals surface area (Å²) in [6.07, 6.45) is 6.49. The second-order valence-electron chi connectivity index (χ2n) is 10.6. The molecule has 1 saturated carbocycles. The molecule has 2 aliphatic carbocycles. The van der Waals surface area contributed by atoms with Gasteiger partial charge in [0.1, 0.15) is 0 Å². The molecule has 0 bridgehead atoms. The van der Waals surface area contributed by atoms with E-state index in [1.54, 1.807) is 11.1 Å². The third-order valence-electron chi connectivity index (χ3n) is 8.54. The molecule has 0 radical (unpaired) electrons. The molecule has 1 spiro atoms. The summed E-state index contributed by atoms with van der Waals surface area (Å²) in [7, 11) is 0. The van der Waals surface area contributed by atoms with Gasteiger partial charge in [-0.1, -0.05) is 110 Å².